The average molecular weight is 452 g/mol. The lowest BCUT2D eigenvalue weighted by molar-refractivity contribution is -0.903. The number of halogens is 1. The molecule has 0 saturated carbocycles. The molecule has 31 heavy (non-hydrogen) atoms. The third-order valence-electron chi connectivity index (χ3n) is 5.73. The molecular formula is C27H46ClNO2. The van der Waals surface area contributed by atoms with Crippen molar-refractivity contribution in [1.29, 1.82) is 0 Å². The molecule has 0 N–H and O–H groups in total. The summed E-state index contributed by atoms with van der Waals surface area (Å²) in [6.07, 6.45) is 15.0. The van der Waals surface area contributed by atoms with Gasteiger partial charge in [0, 0.05) is 11.1 Å². The van der Waals surface area contributed by atoms with Crippen molar-refractivity contribution in [2.75, 3.05) is 27.2 Å². The molecule has 178 valence electrons. The minimum absolute atomic E-state index is 0. The Morgan fingerprint density at radius 3 is 1.87 bits per heavy atom. The van der Waals surface area contributed by atoms with E-state index in [1.54, 1.807) is 6.92 Å². The number of hydrogen-bond acceptors (Lipinski definition) is 2. The number of likely N-dealkylation sites (N-methyl/N-ethyl adjacent to an activating group) is 1. The number of carbonyl (C=O) groups excluding carboxylic acids is 1. The van der Waals surface area contributed by atoms with Crippen LogP contribution < -0.4 is 12.4 Å². The summed E-state index contributed by atoms with van der Waals surface area (Å²) in [6.45, 7) is 9.73. The minimum atomic E-state index is -0.300. The predicted molar refractivity (Wildman–Crippen MR) is 128 cm³/mol. The number of unbranched alkanes of at least 4 members (excludes halogenated alkanes) is 9. The van der Waals surface area contributed by atoms with Crippen LogP contribution in [0.5, 0.6) is 0 Å². The summed E-state index contributed by atoms with van der Waals surface area (Å²) in [5, 5.41) is 0. The molecule has 0 aliphatic carbocycles. The van der Waals surface area contributed by atoms with Crippen LogP contribution in [0.15, 0.2) is 36.4 Å². The normalized spacial score (nSPS) is 11.1. The zero-order chi connectivity index (χ0) is 22.2. The number of esters is 1. The molecule has 0 atom stereocenters. The molecule has 3 nitrogen and oxygen atoms in total. The zero-order valence-corrected chi connectivity index (χ0v) is 21.3. The molecule has 0 aromatic heterocycles. The summed E-state index contributed by atoms with van der Waals surface area (Å²) in [5.41, 5.74) is 3.23. The number of benzene rings is 1. The molecule has 0 radical (unpaired) electrons. The summed E-state index contributed by atoms with van der Waals surface area (Å²) in [4.78, 5) is 11.5. The van der Waals surface area contributed by atoms with Crippen molar-refractivity contribution in [1.82, 2.24) is 0 Å². The van der Waals surface area contributed by atoms with E-state index in [2.05, 4.69) is 51.9 Å². The van der Waals surface area contributed by atoms with Gasteiger partial charge in [-0.15, -0.1) is 0 Å². The summed E-state index contributed by atoms with van der Waals surface area (Å²) < 4.78 is 6.04. The van der Waals surface area contributed by atoms with Crippen molar-refractivity contribution in [3.05, 3.63) is 47.5 Å². The maximum atomic E-state index is 11.5. The Morgan fingerprint density at radius 2 is 1.35 bits per heavy atom. The van der Waals surface area contributed by atoms with Gasteiger partial charge in [0.15, 0.2) is 0 Å². The van der Waals surface area contributed by atoms with Crippen LogP contribution >= 0.6 is 0 Å². The molecule has 0 aliphatic heterocycles. The van der Waals surface area contributed by atoms with Crippen LogP contribution in [0, 0.1) is 0 Å². The zero-order valence-electron chi connectivity index (χ0n) is 20.6. The Balaban J connectivity index is 0.00000900. The highest BCUT2D eigenvalue weighted by molar-refractivity contribution is 5.86. The molecule has 0 unspecified atom stereocenters. The number of carbonyl (C=O) groups is 1. The monoisotopic (exact) mass is 451 g/mol. The SMILES string of the molecule is C=C(C)C(=O)OCC[N+](C)(C)Cc1ccc(CCCCCCCCCCCC)cc1.[Cl-]. The van der Waals surface area contributed by atoms with E-state index in [0.717, 1.165) is 17.6 Å². The fourth-order valence-corrected chi connectivity index (χ4v) is 3.71. The van der Waals surface area contributed by atoms with Crippen LogP contribution in [-0.2, 0) is 22.5 Å². The van der Waals surface area contributed by atoms with Gasteiger partial charge in [-0.1, -0.05) is 95.6 Å². The van der Waals surface area contributed by atoms with E-state index in [9.17, 15) is 4.79 Å². The lowest BCUT2D eigenvalue weighted by atomic mass is 10.0. The second-order valence-corrected chi connectivity index (χ2v) is 9.48. The lowest BCUT2D eigenvalue weighted by Gasteiger charge is -2.29. The molecule has 1 aromatic carbocycles. The topological polar surface area (TPSA) is 26.3 Å². The predicted octanol–water partition coefficient (Wildman–Crippen LogP) is 3.85. The van der Waals surface area contributed by atoms with Crippen LogP contribution in [0.25, 0.3) is 0 Å². The Labute approximate surface area is 198 Å². The maximum absolute atomic E-state index is 11.5. The molecule has 1 rings (SSSR count). The van der Waals surface area contributed by atoms with Crippen LogP contribution in [0.1, 0.15) is 89.2 Å². The van der Waals surface area contributed by atoms with Gasteiger partial charge in [-0.25, -0.2) is 4.79 Å². The van der Waals surface area contributed by atoms with Crippen molar-refractivity contribution >= 4 is 5.97 Å². The quantitative estimate of drug-likeness (QED) is 0.156. The van der Waals surface area contributed by atoms with E-state index in [1.165, 1.54) is 81.8 Å². The molecule has 0 aliphatic rings. The number of nitrogens with zero attached hydrogens (tertiary/aromatic N) is 1. The van der Waals surface area contributed by atoms with Crippen molar-refractivity contribution in [3.63, 3.8) is 0 Å². The molecule has 0 bridgehead atoms. The van der Waals surface area contributed by atoms with Gasteiger partial charge < -0.3 is 21.6 Å². The summed E-state index contributed by atoms with van der Waals surface area (Å²) in [7, 11) is 4.35. The third-order valence-corrected chi connectivity index (χ3v) is 5.73. The van der Waals surface area contributed by atoms with Gasteiger partial charge in [0.05, 0.1) is 14.1 Å². The average Bonchev–Trinajstić information content (AvgIpc) is 2.70. The van der Waals surface area contributed by atoms with Crippen molar-refractivity contribution in [2.45, 2.75) is 91.0 Å². The number of rotatable bonds is 17. The highest BCUT2D eigenvalue weighted by atomic mass is 35.5. The molecule has 4 heteroatoms. The maximum Gasteiger partial charge on any atom is 0.333 e. The first kappa shape index (κ1) is 29.7. The van der Waals surface area contributed by atoms with Crippen LogP contribution in [0.3, 0.4) is 0 Å². The second-order valence-electron chi connectivity index (χ2n) is 9.48. The van der Waals surface area contributed by atoms with Gasteiger partial charge in [0.2, 0.25) is 0 Å². The molecule has 0 amide bonds. The highest BCUT2D eigenvalue weighted by Gasteiger charge is 2.17. The summed E-state index contributed by atoms with van der Waals surface area (Å²) >= 11 is 0. The Kier molecular flexibility index (Phi) is 16.5. The van der Waals surface area contributed by atoms with Crippen LogP contribution in [0.4, 0.5) is 0 Å². The Hall–Kier alpha value is -1.32. The number of hydrogen-bond donors (Lipinski definition) is 0. The van der Waals surface area contributed by atoms with E-state index in [0.29, 0.717) is 12.2 Å². The standard InChI is InChI=1S/C27H46NO2.ClH/c1-6-7-8-9-10-11-12-13-14-15-16-25-17-19-26(20-18-25)23-28(4,5)21-22-30-27(29)24(2)3;/h17-20H,2,6-16,21-23H2,1,3-5H3;1H/q+1;/p-1. The lowest BCUT2D eigenvalue weighted by Crippen LogP contribution is -3.00. The number of quaternary nitrogens is 1. The van der Waals surface area contributed by atoms with E-state index in [-0.39, 0.29) is 18.4 Å². The van der Waals surface area contributed by atoms with E-state index in [4.69, 9.17) is 4.74 Å². The smallest absolute Gasteiger partial charge is 0.333 e. The summed E-state index contributed by atoms with van der Waals surface area (Å²) in [5.74, 6) is -0.300. The van der Waals surface area contributed by atoms with Crippen molar-refractivity contribution in [2.24, 2.45) is 0 Å². The van der Waals surface area contributed by atoms with Crippen LogP contribution in [-0.4, -0.2) is 37.7 Å². The fraction of sp³-hybridized carbons (Fsp3) is 0.667. The van der Waals surface area contributed by atoms with Gasteiger partial charge in [-0.05, 0) is 25.3 Å². The van der Waals surface area contributed by atoms with Crippen molar-refractivity contribution in [3.8, 4) is 0 Å². The minimum Gasteiger partial charge on any atom is -1.00 e. The largest absolute Gasteiger partial charge is 1.00 e. The second kappa shape index (κ2) is 17.3. The summed E-state index contributed by atoms with van der Waals surface area (Å²) in [6, 6.07) is 9.07. The van der Waals surface area contributed by atoms with Crippen LogP contribution in [0.2, 0.25) is 0 Å². The van der Waals surface area contributed by atoms with Gasteiger partial charge in [-0.3, -0.25) is 0 Å². The first-order chi connectivity index (χ1) is 14.3. The van der Waals surface area contributed by atoms with Crippen molar-refractivity contribution < 1.29 is 26.4 Å². The Bertz CT molecular complexity index is 610. The van der Waals surface area contributed by atoms with Gasteiger partial charge >= 0.3 is 5.97 Å². The molecule has 0 heterocycles. The first-order valence-electron chi connectivity index (χ1n) is 12.1. The molecule has 1 aromatic rings. The van der Waals surface area contributed by atoms with Gasteiger partial charge in [-0.2, -0.15) is 0 Å². The fourth-order valence-electron chi connectivity index (χ4n) is 3.71. The van der Waals surface area contributed by atoms with Gasteiger partial charge in [0.25, 0.3) is 0 Å². The molecule has 0 fully saturated rings. The van der Waals surface area contributed by atoms with E-state index < -0.39 is 0 Å². The highest BCUT2D eigenvalue weighted by Crippen LogP contribution is 2.15. The Morgan fingerprint density at radius 1 is 0.871 bits per heavy atom. The molecular weight excluding hydrogens is 406 g/mol. The molecule has 0 saturated heterocycles. The first-order valence-corrected chi connectivity index (χ1v) is 12.1. The van der Waals surface area contributed by atoms with Gasteiger partial charge in [0.1, 0.15) is 19.7 Å². The molecule has 0 spiro atoms. The number of ether oxygens (including phenoxy) is 1. The third kappa shape index (κ3) is 15.2. The number of aryl methyl sites for hydroxylation is 1. The van der Waals surface area contributed by atoms with E-state index in [1.807, 2.05) is 0 Å². The van der Waals surface area contributed by atoms with E-state index >= 15 is 0 Å².